The summed E-state index contributed by atoms with van der Waals surface area (Å²) < 4.78 is 7.30. The van der Waals surface area contributed by atoms with Crippen LogP contribution in [-0.2, 0) is 10.3 Å². The lowest BCUT2D eigenvalue weighted by molar-refractivity contribution is -0.126. The van der Waals surface area contributed by atoms with Gasteiger partial charge in [0.25, 0.3) is 5.91 Å². The Morgan fingerprint density at radius 2 is 2.20 bits per heavy atom. The first kappa shape index (κ1) is 19.0. The van der Waals surface area contributed by atoms with Crippen LogP contribution in [0.3, 0.4) is 0 Å². The summed E-state index contributed by atoms with van der Waals surface area (Å²) in [5.41, 5.74) is 0.0545. The lowest BCUT2D eigenvalue weighted by Gasteiger charge is -2.36. The first-order valence-electron chi connectivity index (χ1n) is 8.11. The average Bonchev–Trinajstić information content (AvgIpc) is 3.16. The standard InChI is InChI=1S/C18H22N4O2.ClH/c1-2-13-24-16-6-3-5-15(14-16)21-17(23)18(7-10-19-11-8-18)22-12-4-9-20-22;/h2-6,9,12,14,19H,1,7-8,10-11,13H2,(H,21,23);1H. The van der Waals surface area contributed by atoms with Crippen LogP contribution in [0.2, 0.25) is 0 Å². The third kappa shape index (κ3) is 4.21. The molecule has 1 aromatic heterocycles. The Bertz CT molecular complexity index is 697. The van der Waals surface area contributed by atoms with E-state index in [0.29, 0.717) is 30.9 Å². The number of halogens is 1. The van der Waals surface area contributed by atoms with Crippen LogP contribution in [0.15, 0.2) is 55.4 Å². The first-order valence-corrected chi connectivity index (χ1v) is 8.11. The minimum absolute atomic E-state index is 0. The molecular formula is C18H23ClN4O2. The second-order valence-corrected chi connectivity index (χ2v) is 5.81. The summed E-state index contributed by atoms with van der Waals surface area (Å²) in [5.74, 6) is 0.653. The molecule has 0 spiro atoms. The number of anilines is 1. The molecule has 0 aliphatic carbocycles. The molecule has 0 saturated carbocycles. The molecule has 1 fully saturated rings. The molecule has 2 aromatic rings. The maximum Gasteiger partial charge on any atom is 0.252 e. The van der Waals surface area contributed by atoms with Gasteiger partial charge in [0.05, 0.1) is 0 Å². The molecule has 3 rings (SSSR count). The van der Waals surface area contributed by atoms with E-state index in [1.165, 1.54) is 0 Å². The van der Waals surface area contributed by atoms with E-state index in [2.05, 4.69) is 22.3 Å². The second-order valence-electron chi connectivity index (χ2n) is 5.81. The highest BCUT2D eigenvalue weighted by atomic mass is 35.5. The molecule has 0 unspecified atom stereocenters. The summed E-state index contributed by atoms with van der Waals surface area (Å²) in [6.07, 6.45) is 6.66. The molecule has 7 heteroatoms. The number of hydrogen-bond donors (Lipinski definition) is 2. The lowest BCUT2D eigenvalue weighted by atomic mass is 9.87. The Morgan fingerprint density at radius 3 is 2.88 bits per heavy atom. The highest BCUT2D eigenvalue weighted by Crippen LogP contribution is 2.29. The van der Waals surface area contributed by atoms with Crippen molar-refractivity contribution in [2.24, 2.45) is 0 Å². The Hall–Kier alpha value is -2.31. The number of hydrogen-bond acceptors (Lipinski definition) is 4. The maximum absolute atomic E-state index is 13.1. The van der Waals surface area contributed by atoms with Gasteiger partial charge in [0.2, 0.25) is 0 Å². The zero-order valence-corrected chi connectivity index (χ0v) is 14.8. The van der Waals surface area contributed by atoms with E-state index in [4.69, 9.17) is 4.74 Å². The number of piperidine rings is 1. The third-order valence-electron chi connectivity index (χ3n) is 4.26. The number of benzene rings is 1. The second kappa shape index (κ2) is 8.69. The van der Waals surface area contributed by atoms with Gasteiger partial charge in [-0.3, -0.25) is 9.48 Å². The van der Waals surface area contributed by atoms with Crippen LogP contribution in [-0.4, -0.2) is 35.4 Å². The van der Waals surface area contributed by atoms with E-state index in [1.807, 2.05) is 36.5 Å². The van der Waals surface area contributed by atoms with Crippen LogP contribution < -0.4 is 15.4 Å². The molecule has 1 aliphatic rings. The zero-order chi connectivity index (χ0) is 16.8. The van der Waals surface area contributed by atoms with Crippen molar-refractivity contribution in [3.8, 4) is 5.75 Å². The third-order valence-corrected chi connectivity index (χ3v) is 4.26. The first-order chi connectivity index (χ1) is 11.7. The van der Waals surface area contributed by atoms with Gasteiger partial charge in [-0.2, -0.15) is 5.10 Å². The number of carbonyl (C=O) groups is 1. The van der Waals surface area contributed by atoms with Crippen LogP contribution in [0, 0.1) is 0 Å². The Morgan fingerprint density at radius 1 is 1.40 bits per heavy atom. The van der Waals surface area contributed by atoms with Gasteiger partial charge in [0.1, 0.15) is 17.9 Å². The maximum atomic E-state index is 13.1. The smallest absolute Gasteiger partial charge is 0.252 e. The van der Waals surface area contributed by atoms with Crippen molar-refractivity contribution in [1.29, 1.82) is 0 Å². The average molecular weight is 363 g/mol. The normalized spacial score (nSPS) is 15.7. The summed E-state index contributed by atoms with van der Waals surface area (Å²) in [6.45, 7) is 5.64. The van der Waals surface area contributed by atoms with E-state index in [0.717, 1.165) is 13.1 Å². The lowest BCUT2D eigenvalue weighted by Crippen LogP contribution is -2.52. The van der Waals surface area contributed by atoms with Crippen molar-refractivity contribution >= 4 is 24.0 Å². The topological polar surface area (TPSA) is 68.2 Å². The van der Waals surface area contributed by atoms with Crippen LogP contribution in [0.4, 0.5) is 5.69 Å². The van der Waals surface area contributed by atoms with Gasteiger partial charge in [-0.05, 0) is 44.1 Å². The zero-order valence-electron chi connectivity index (χ0n) is 14.0. The van der Waals surface area contributed by atoms with Crippen molar-refractivity contribution < 1.29 is 9.53 Å². The Kier molecular flexibility index (Phi) is 6.61. The molecule has 25 heavy (non-hydrogen) atoms. The summed E-state index contributed by atoms with van der Waals surface area (Å²) >= 11 is 0. The molecule has 1 amide bonds. The van der Waals surface area contributed by atoms with Crippen LogP contribution >= 0.6 is 12.4 Å². The number of ether oxygens (including phenoxy) is 1. The number of nitrogens with one attached hydrogen (secondary N) is 2. The van der Waals surface area contributed by atoms with E-state index in [-0.39, 0.29) is 18.3 Å². The predicted octanol–water partition coefficient (Wildman–Crippen LogP) is 2.59. The minimum Gasteiger partial charge on any atom is -0.489 e. The van der Waals surface area contributed by atoms with Gasteiger partial charge in [-0.1, -0.05) is 18.7 Å². The fourth-order valence-electron chi connectivity index (χ4n) is 2.99. The van der Waals surface area contributed by atoms with E-state index >= 15 is 0 Å². The SMILES string of the molecule is C=CCOc1cccc(NC(=O)C2(n3cccn3)CCNCC2)c1.Cl. The summed E-state index contributed by atoms with van der Waals surface area (Å²) in [4.78, 5) is 13.1. The summed E-state index contributed by atoms with van der Waals surface area (Å²) in [5, 5.41) is 10.7. The van der Waals surface area contributed by atoms with Crippen molar-refractivity contribution in [3.05, 3.63) is 55.4 Å². The highest BCUT2D eigenvalue weighted by Gasteiger charge is 2.42. The van der Waals surface area contributed by atoms with Crippen LogP contribution in [0.5, 0.6) is 5.75 Å². The van der Waals surface area contributed by atoms with Crippen molar-refractivity contribution in [2.45, 2.75) is 18.4 Å². The fourth-order valence-corrected chi connectivity index (χ4v) is 2.99. The van der Waals surface area contributed by atoms with Crippen molar-refractivity contribution in [3.63, 3.8) is 0 Å². The Labute approximate surface area is 153 Å². The molecule has 1 aliphatic heterocycles. The molecule has 2 N–H and O–H groups in total. The van der Waals surface area contributed by atoms with Gasteiger partial charge in [-0.25, -0.2) is 0 Å². The fraction of sp³-hybridized carbons (Fsp3) is 0.333. The summed E-state index contributed by atoms with van der Waals surface area (Å²) in [6, 6.07) is 9.24. The van der Waals surface area contributed by atoms with E-state index in [9.17, 15) is 4.79 Å². The van der Waals surface area contributed by atoms with E-state index < -0.39 is 5.54 Å². The predicted molar refractivity (Wildman–Crippen MR) is 100 cm³/mol. The molecule has 1 saturated heterocycles. The number of nitrogens with zero attached hydrogens (tertiary/aromatic N) is 2. The number of amides is 1. The largest absolute Gasteiger partial charge is 0.489 e. The Balaban J connectivity index is 0.00000225. The minimum atomic E-state index is -0.660. The van der Waals surface area contributed by atoms with Gasteiger partial charge in [0.15, 0.2) is 0 Å². The number of aromatic nitrogens is 2. The van der Waals surface area contributed by atoms with Crippen molar-refractivity contribution in [1.82, 2.24) is 15.1 Å². The molecule has 6 nitrogen and oxygen atoms in total. The molecule has 0 atom stereocenters. The number of carbonyl (C=O) groups excluding carboxylic acids is 1. The van der Waals surface area contributed by atoms with Crippen LogP contribution in [0.25, 0.3) is 0 Å². The molecular weight excluding hydrogens is 340 g/mol. The molecule has 0 radical (unpaired) electrons. The summed E-state index contributed by atoms with van der Waals surface area (Å²) in [7, 11) is 0. The van der Waals surface area contributed by atoms with Gasteiger partial charge >= 0.3 is 0 Å². The van der Waals surface area contributed by atoms with Crippen molar-refractivity contribution in [2.75, 3.05) is 25.0 Å². The van der Waals surface area contributed by atoms with Gasteiger partial charge < -0.3 is 15.4 Å². The molecule has 1 aromatic carbocycles. The van der Waals surface area contributed by atoms with E-state index in [1.54, 1.807) is 17.0 Å². The monoisotopic (exact) mass is 362 g/mol. The quantitative estimate of drug-likeness (QED) is 0.775. The van der Waals surface area contributed by atoms with Gasteiger partial charge in [-0.15, -0.1) is 12.4 Å². The van der Waals surface area contributed by atoms with Crippen LogP contribution in [0.1, 0.15) is 12.8 Å². The van der Waals surface area contributed by atoms with Gasteiger partial charge in [0, 0.05) is 24.1 Å². The molecule has 0 bridgehead atoms. The number of rotatable bonds is 6. The highest BCUT2D eigenvalue weighted by molar-refractivity contribution is 5.96. The molecule has 2 heterocycles. The molecule has 134 valence electrons.